The molecular formula is C19H20O3. The van der Waals surface area contributed by atoms with Crippen LogP contribution < -0.4 is 4.74 Å². The molecule has 0 saturated carbocycles. The molecule has 0 atom stereocenters. The van der Waals surface area contributed by atoms with E-state index in [1.165, 1.54) is 0 Å². The number of ketones is 1. The van der Waals surface area contributed by atoms with Crippen LogP contribution in [0.5, 0.6) is 5.75 Å². The van der Waals surface area contributed by atoms with Gasteiger partial charge in [0.2, 0.25) is 0 Å². The molecule has 2 aromatic carbocycles. The number of hydrogen-bond acceptors (Lipinski definition) is 3. The number of aldehydes is 1. The predicted octanol–water partition coefficient (Wildman–Crippen LogP) is 4.21. The van der Waals surface area contributed by atoms with E-state index in [0.29, 0.717) is 17.9 Å². The molecule has 2 rings (SSSR count). The van der Waals surface area contributed by atoms with Crippen LogP contribution in [0, 0.1) is 20.8 Å². The maximum Gasteiger partial charge on any atom is 0.160 e. The minimum absolute atomic E-state index is 0.0755. The molecule has 114 valence electrons. The second kappa shape index (κ2) is 6.56. The maximum atomic E-state index is 11.8. The van der Waals surface area contributed by atoms with Gasteiger partial charge < -0.3 is 4.74 Å². The summed E-state index contributed by atoms with van der Waals surface area (Å²) < 4.78 is 5.80. The molecule has 0 N–H and O–H groups in total. The van der Waals surface area contributed by atoms with Crippen LogP contribution in [-0.2, 0) is 6.61 Å². The molecule has 3 heteroatoms. The van der Waals surface area contributed by atoms with E-state index >= 15 is 0 Å². The van der Waals surface area contributed by atoms with Gasteiger partial charge in [0.05, 0.1) is 0 Å². The third-order valence-corrected chi connectivity index (χ3v) is 3.88. The van der Waals surface area contributed by atoms with E-state index in [4.69, 9.17) is 4.74 Å². The lowest BCUT2D eigenvalue weighted by Crippen LogP contribution is -2.08. The Labute approximate surface area is 130 Å². The Morgan fingerprint density at radius 3 is 2.27 bits per heavy atom. The summed E-state index contributed by atoms with van der Waals surface area (Å²) in [5.74, 6) is 0.779. The normalized spacial score (nSPS) is 10.4. The van der Waals surface area contributed by atoms with Crippen molar-refractivity contribution < 1.29 is 14.3 Å². The first-order chi connectivity index (χ1) is 10.4. The quantitative estimate of drug-likeness (QED) is 0.613. The smallest absolute Gasteiger partial charge is 0.160 e. The lowest BCUT2D eigenvalue weighted by Gasteiger charge is -2.16. The van der Waals surface area contributed by atoms with Crippen molar-refractivity contribution in [1.29, 1.82) is 0 Å². The molecule has 0 spiro atoms. The fourth-order valence-electron chi connectivity index (χ4n) is 2.79. The Bertz CT molecular complexity index is 712. The highest BCUT2D eigenvalue weighted by molar-refractivity contribution is 5.97. The first-order valence-corrected chi connectivity index (χ1v) is 7.22. The molecule has 0 saturated heterocycles. The largest absolute Gasteiger partial charge is 0.489 e. The molecule has 0 amide bonds. The highest BCUT2D eigenvalue weighted by atomic mass is 16.5. The summed E-state index contributed by atoms with van der Waals surface area (Å²) in [4.78, 5) is 22.5. The maximum absolute atomic E-state index is 11.8. The fourth-order valence-corrected chi connectivity index (χ4v) is 2.79. The van der Waals surface area contributed by atoms with Gasteiger partial charge in [0, 0.05) is 11.1 Å². The molecule has 0 fully saturated rings. The molecule has 0 aromatic heterocycles. The van der Waals surface area contributed by atoms with Crippen LogP contribution in [-0.4, -0.2) is 12.1 Å². The average Bonchev–Trinajstić information content (AvgIpc) is 2.46. The van der Waals surface area contributed by atoms with Crippen LogP contribution in [0.2, 0.25) is 0 Å². The van der Waals surface area contributed by atoms with Crippen LogP contribution in [0.15, 0.2) is 30.3 Å². The van der Waals surface area contributed by atoms with Gasteiger partial charge in [0.15, 0.2) is 5.78 Å². The van der Waals surface area contributed by atoms with Crippen LogP contribution in [0.1, 0.15) is 49.9 Å². The van der Waals surface area contributed by atoms with Crippen molar-refractivity contribution in [1.82, 2.24) is 0 Å². The van der Waals surface area contributed by atoms with Gasteiger partial charge in [-0.3, -0.25) is 9.59 Å². The lowest BCUT2D eigenvalue weighted by molar-refractivity contribution is 0.101. The minimum atomic E-state index is 0.0755. The van der Waals surface area contributed by atoms with Crippen molar-refractivity contribution in [3.05, 3.63) is 63.7 Å². The first kappa shape index (κ1) is 16.0. The Hall–Kier alpha value is -2.42. The number of hydrogen-bond donors (Lipinski definition) is 0. The molecule has 0 bridgehead atoms. The molecule has 0 aliphatic carbocycles. The Morgan fingerprint density at radius 1 is 1.09 bits per heavy atom. The van der Waals surface area contributed by atoms with Crippen LogP contribution in [0.4, 0.5) is 0 Å². The highest BCUT2D eigenvalue weighted by Gasteiger charge is 2.14. The second-order valence-corrected chi connectivity index (χ2v) is 5.52. The number of benzene rings is 2. The zero-order chi connectivity index (χ0) is 16.3. The van der Waals surface area contributed by atoms with Gasteiger partial charge in [-0.2, -0.15) is 0 Å². The fraction of sp³-hybridized carbons (Fsp3) is 0.263. The van der Waals surface area contributed by atoms with Crippen LogP contribution in [0.3, 0.4) is 0 Å². The van der Waals surface area contributed by atoms with Crippen molar-refractivity contribution in [2.45, 2.75) is 34.3 Å². The Balaban J connectivity index is 2.27. The molecule has 0 unspecified atom stereocenters. The third kappa shape index (κ3) is 3.25. The van der Waals surface area contributed by atoms with Gasteiger partial charge >= 0.3 is 0 Å². The van der Waals surface area contributed by atoms with E-state index < -0.39 is 0 Å². The molecule has 0 heterocycles. The first-order valence-electron chi connectivity index (χ1n) is 7.22. The molecule has 0 aliphatic rings. The third-order valence-electron chi connectivity index (χ3n) is 3.88. The molecule has 2 aromatic rings. The number of ether oxygens (including phenoxy) is 1. The van der Waals surface area contributed by atoms with Crippen molar-refractivity contribution >= 4 is 12.1 Å². The summed E-state index contributed by atoms with van der Waals surface area (Å²) >= 11 is 0. The Kier molecular flexibility index (Phi) is 4.76. The van der Waals surface area contributed by atoms with Gasteiger partial charge in [-0.05, 0) is 74.2 Å². The second-order valence-electron chi connectivity index (χ2n) is 5.52. The van der Waals surface area contributed by atoms with E-state index in [2.05, 4.69) is 0 Å². The SMILES string of the molecule is CC(=O)c1c(C)cc(C)c(COc2ccc(C=O)cc2)c1C. The van der Waals surface area contributed by atoms with Crippen molar-refractivity contribution in [3.8, 4) is 5.75 Å². The van der Waals surface area contributed by atoms with Gasteiger partial charge in [0.1, 0.15) is 18.6 Å². The number of carbonyl (C=O) groups excluding carboxylic acids is 2. The number of carbonyl (C=O) groups is 2. The van der Waals surface area contributed by atoms with Gasteiger partial charge in [-0.15, -0.1) is 0 Å². The molecule has 22 heavy (non-hydrogen) atoms. The predicted molar refractivity (Wildman–Crippen MR) is 86.8 cm³/mol. The summed E-state index contributed by atoms with van der Waals surface area (Å²) in [5.41, 5.74) is 5.53. The zero-order valence-corrected chi connectivity index (χ0v) is 13.4. The molecule has 0 radical (unpaired) electrons. The van der Waals surface area contributed by atoms with E-state index in [0.717, 1.165) is 34.1 Å². The standard InChI is InChI=1S/C19H20O3/c1-12-9-13(2)19(15(4)21)14(3)18(12)11-22-17-7-5-16(10-20)6-8-17/h5-10H,11H2,1-4H3. The van der Waals surface area contributed by atoms with Crippen LogP contribution >= 0.6 is 0 Å². The van der Waals surface area contributed by atoms with E-state index in [9.17, 15) is 9.59 Å². The minimum Gasteiger partial charge on any atom is -0.489 e. The zero-order valence-electron chi connectivity index (χ0n) is 13.4. The summed E-state index contributed by atoms with van der Waals surface area (Å²) in [5, 5.41) is 0. The molecule has 3 nitrogen and oxygen atoms in total. The summed E-state index contributed by atoms with van der Waals surface area (Å²) in [7, 11) is 0. The summed E-state index contributed by atoms with van der Waals surface area (Å²) in [6.45, 7) is 7.94. The molecule has 0 aliphatic heterocycles. The van der Waals surface area contributed by atoms with E-state index in [-0.39, 0.29) is 5.78 Å². The highest BCUT2D eigenvalue weighted by Crippen LogP contribution is 2.24. The van der Waals surface area contributed by atoms with E-state index in [1.54, 1.807) is 31.2 Å². The number of aryl methyl sites for hydroxylation is 2. The molecular weight excluding hydrogens is 276 g/mol. The van der Waals surface area contributed by atoms with Crippen molar-refractivity contribution in [2.75, 3.05) is 0 Å². The number of rotatable bonds is 5. The van der Waals surface area contributed by atoms with Gasteiger partial charge in [-0.1, -0.05) is 6.07 Å². The lowest BCUT2D eigenvalue weighted by atomic mass is 9.92. The van der Waals surface area contributed by atoms with E-state index in [1.807, 2.05) is 26.8 Å². The topological polar surface area (TPSA) is 43.4 Å². The average molecular weight is 296 g/mol. The van der Waals surface area contributed by atoms with Crippen molar-refractivity contribution in [3.63, 3.8) is 0 Å². The summed E-state index contributed by atoms with van der Waals surface area (Å²) in [6.07, 6.45) is 0.803. The number of Topliss-reactive ketones (excluding diaryl/α,β-unsaturated/α-hetero) is 1. The summed E-state index contributed by atoms with van der Waals surface area (Å²) in [6, 6.07) is 9.01. The van der Waals surface area contributed by atoms with Crippen LogP contribution in [0.25, 0.3) is 0 Å². The monoisotopic (exact) mass is 296 g/mol. The Morgan fingerprint density at radius 2 is 1.73 bits per heavy atom. The van der Waals surface area contributed by atoms with Gasteiger partial charge in [-0.25, -0.2) is 0 Å². The van der Waals surface area contributed by atoms with Gasteiger partial charge in [0.25, 0.3) is 0 Å². The van der Waals surface area contributed by atoms with Crippen molar-refractivity contribution in [2.24, 2.45) is 0 Å².